The zero-order valence-corrected chi connectivity index (χ0v) is 14.0. The first-order chi connectivity index (χ1) is 11.0. The Morgan fingerprint density at radius 2 is 2.04 bits per heavy atom. The van der Waals surface area contributed by atoms with Crippen LogP contribution in [0.3, 0.4) is 0 Å². The normalized spacial score (nSPS) is 16.2. The second-order valence-corrected chi connectivity index (χ2v) is 6.66. The van der Waals surface area contributed by atoms with E-state index >= 15 is 0 Å². The Kier molecular flexibility index (Phi) is 4.39. The fourth-order valence-electron chi connectivity index (χ4n) is 2.74. The van der Waals surface area contributed by atoms with Crippen molar-refractivity contribution in [2.45, 2.75) is 51.0 Å². The van der Waals surface area contributed by atoms with Crippen molar-refractivity contribution in [2.24, 2.45) is 0 Å². The molecule has 1 heterocycles. The van der Waals surface area contributed by atoms with E-state index in [1.54, 1.807) is 12.1 Å². The van der Waals surface area contributed by atoms with E-state index in [2.05, 4.69) is 10.1 Å². The summed E-state index contributed by atoms with van der Waals surface area (Å²) < 4.78 is 10.6. The molecule has 3 rings (SSSR count). The van der Waals surface area contributed by atoms with E-state index in [1.807, 2.05) is 26.0 Å². The molecule has 5 nitrogen and oxygen atoms in total. The maximum Gasteiger partial charge on any atom is 0.317 e. The molecule has 122 valence electrons. The minimum atomic E-state index is -0.564. The van der Waals surface area contributed by atoms with Gasteiger partial charge in [0.25, 0.3) is 5.89 Å². The molecule has 0 bridgehead atoms. The summed E-state index contributed by atoms with van der Waals surface area (Å²) in [7, 11) is 0. The Labute approximate surface area is 140 Å². The van der Waals surface area contributed by atoms with Gasteiger partial charge in [0.15, 0.2) is 12.4 Å². The van der Waals surface area contributed by atoms with Crippen LogP contribution in [0.15, 0.2) is 28.8 Å². The van der Waals surface area contributed by atoms with Gasteiger partial charge in [0.1, 0.15) is 0 Å². The highest BCUT2D eigenvalue weighted by atomic mass is 35.5. The molecule has 1 aromatic carbocycles. The third-order valence-corrected chi connectivity index (χ3v) is 4.57. The molecule has 0 aliphatic heterocycles. The molecule has 0 amide bonds. The summed E-state index contributed by atoms with van der Waals surface area (Å²) in [6.45, 7) is 3.96. The van der Waals surface area contributed by atoms with Gasteiger partial charge in [0.2, 0.25) is 0 Å². The van der Waals surface area contributed by atoms with Crippen molar-refractivity contribution in [3.8, 4) is 0 Å². The average Bonchev–Trinajstić information content (AvgIpc) is 2.95. The van der Waals surface area contributed by atoms with E-state index in [0.717, 1.165) is 24.8 Å². The fourth-order valence-corrected chi connectivity index (χ4v) is 2.86. The predicted molar refractivity (Wildman–Crippen MR) is 85.2 cm³/mol. The van der Waals surface area contributed by atoms with Crippen LogP contribution in [-0.2, 0) is 21.6 Å². The summed E-state index contributed by atoms with van der Waals surface area (Å²) in [5, 5.41) is 4.52. The van der Waals surface area contributed by atoms with E-state index in [-0.39, 0.29) is 18.5 Å². The molecule has 1 fully saturated rings. The molecule has 0 unspecified atom stereocenters. The lowest BCUT2D eigenvalue weighted by molar-refractivity contribution is -0.156. The van der Waals surface area contributed by atoms with Crippen LogP contribution in [0.2, 0.25) is 5.02 Å². The zero-order valence-electron chi connectivity index (χ0n) is 13.2. The van der Waals surface area contributed by atoms with Crippen LogP contribution in [-0.4, -0.2) is 16.1 Å². The molecule has 0 spiro atoms. The molecule has 0 saturated heterocycles. The Morgan fingerprint density at radius 1 is 1.35 bits per heavy atom. The van der Waals surface area contributed by atoms with Crippen LogP contribution in [0.5, 0.6) is 0 Å². The van der Waals surface area contributed by atoms with Gasteiger partial charge >= 0.3 is 5.97 Å². The van der Waals surface area contributed by atoms with Crippen LogP contribution in [0.1, 0.15) is 56.3 Å². The molecule has 2 aromatic rings. The van der Waals surface area contributed by atoms with Crippen LogP contribution in [0.25, 0.3) is 0 Å². The molecule has 1 aliphatic carbocycles. The second kappa shape index (κ2) is 6.32. The van der Waals surface area contributed by atoms with Gasteiger partial charge in [0, 0.05) is 10.9 Å². The van der Waals surface area contributed by atoms with Crippen LogP contribution in [0.4, 0.5) is 0 Å². The van der Waals surface area contributed by atoms with Gasteiger partial charge < -0.3 is 9.26 Å². The van der Waals surface area contributed by atoms with E-state index in [9.17, 15) is 4.79 Å². The molecular weight excluding hydrogens is 316 g/mol. The van der Waals surface area contributed by atoms with Crippen molar-refractivity contribution in [3.63, 3.8) is 0 Å². The maximum absolute atomic E-state index is 12.6. The van der Waals surface area contributed by atoms with Crippen molar-refractivity contribution in [1.82, 2.24) is 10.1 Å². The molecular formula is C17H19ClN2O3. The topological polar surface area (TPSA) is 65.2 Å². The van der Waals surface area contributed by atoms with E-state index < -0.39 is 5.41 Å². The quantitative estimate of drug-likeness (QED) is 0.773. The van der Waals surface area contributed by atoms with Gasteiger partial charge in [-0.15, -0.1) is 0 Å². The standard InChI is InChI=1S/C17H19ClN2O3/c1-11(2)15-19-14(23-20-15)10-22-16(21)17(8-3-9-17)12-4-6-13(18)7-5-12/h4-7,11H,3,8-10H2,1-2H3. The molecule has 0 radical (unpaired) electrons. The van der Waals surface area contributed by atoms with Gasteiger partial charge in [-0.25, -0.2) is 0 Å². The Hall–Kier alpha value is -1.88. The van der Waals surface area contributed by atoms with Gasteiger partial charge in [-0.2, -0.15) is 4.98 Å². The maximum atomic E-state index is 12.6. The first kappa shape index (κ1) is 16.0. The minimum Gasteiger partial charge on any atom is -0.455 e. The largest absolute Gasteiger partial charge is 0.455 e. The number of hydrogen-bond acceptors (Lipinski definition) is 5. The number of hydrogen-bond donors (Lipinski definition) is 0. The number of benzene rings is 1. The molecule has 6 heteroatoms. The van der Waals surface area contributed by atoms with Crippen LogP contribution in [0, 0.1) is 0 Å². The number of nitrogens with zero attached hydrogens (tertiary/aromatic N) is 2. The van der Waals surface area contributed by atoms with Crippen molar-refractivity contribution < 1.29 is 14.1 Å². The van der Waals surface area contributed by atoms with Gasteiger partial charge in [0.05, 0.1) is 5.41 Å². The molecule has 1 saturated carbocycles. The average molecular weight is 335 g/mol. The lowest BCUT2D eigenvalue weighted by Crippen LogP contribution is -2.43. The fraction of sp³-hybridized carbons (Fsp3) is 0.471. The van der Waals surface area contributed by atoms with Crippen molar-refractivity contribution in [1.29, 1.82) is 0 Å². The Bertz CT molecular complexity index is 690. The number of carbonyl (C=O) groups excluding carboxylic acids is 1. The first-order valence-electron chi connectivity index (χ1n) is 7.77. The SMILES string of the molecule is CC(C)c1noc(COC(=O)C2(c3ccc(Cl)cc3)CCC2)n1. The van der Waals surface area contributed by atoms with Crippen molar-refractivity contribution in [2.75, 3.05) is 0 Å². The van der Waals surface area contributed by atoms with Gasteiger partial charge in [-0.1, -0.05) is 49.2 Å². The Morgan fingerprint density at radius 3 is 2.57 bits per heavy atom. The number of ether oxygens (including phenoxy) is 1. The third-order valence-electron chi connectivity index (χ3n) is 4.32. The summed E-state index contributed by atoms with van der Waals surface area (Å²) in [5.74, 6) is 0.880. The molecule has 1 aromatic heterocycles. The molecule has 0 N–H and O–H groups in total. The molecule has 23 heavy (non-hydrogen) atoms. The van der Waals surface area contributed by atoms with Gasteiger partial charge in [-0.3, -0.25) is 4.79 Å². The summed E-state index contributed by atoms with van der Waals surface area (Å²) in [6.07, 6.45) is 2.58. The molecule has 1 aliphatic rings. The number of esters is 1. The molecule has 0 atom stereocenters. The number of halogens is 1. The summed E-state index contributed by atoms with van der Waals surface area (Å²) >= 11 is 5.93. The Balaban J connectivity index is 1.69. The van der Waals surface area contributed by atoms with Crippen molar-refractivity contribution >= 4 is 17.6 Å². The predicted octanol–water partition coefficient (Wildman–Crippen LogP) is 4.01. The van der Waals surface area contributed by atoms with Crippen LogP contribution >= 0.6 is 11.6 Å². The van der Waals surface area contributed by atoms with Gasteiger partial charge in [-0.05, 0) is 30.5 Å². The highest BCUT2D eigenvalue weighted by molar-refractivity contribution is 6.30. The first-order valence-corrected chi connectivity index (χ1v) is 8.15. The van der Waals surface area contributed by atoms with E-state index in [4.69, 9.17) is 20.9 Å². The minimum absolute atomic E-state index is 0.00783. The van der Waals surface area contributed by atoms with Crippen molar-refractivity contribution in [3.05, 3.63) is 46.6 Å². The van der Waals surface area contributed by atoms with E-state index in [0.29, 0.717) is 16.7 Å². The highest BCUT2D eigenvalue weighted by Gasteiger charge is 2.47. The van der Waals surface area contributed by atoms with Crippen LogP contribution < -0.4 is 0 Å². The summed E-state index contributed by atoms with van der Waals surface area (Å²) in [4.78, 5) is 16.8. The number of carbonyl (C=O) groups is 1. The lowest BCUT2D eigenvalue weighted by Gasteiger charge is -2.39. The highest BCUT2D eigenvalue weighted by Crippen LogP contribution is 2.45. The number of rotatable bonds is 5. The lowest BCUT2D eigenvalue weighted by atomic mass is 9.64. The number of aromatic nitrogens is 2. The monoisotopic (exact) mass is 334 g/mol. The third kappa shape index (κ3) is 3.11. The second-order valence-electron chi connectivity index (χ2n) is 6.22. The summed E-state index contributed by atoms with van der Waals surface area (Å²) in [5.41, 5.74) is 0.387. The zero-order chi connectivity index (χ0) is 16.4. The summed E-state index contributed by atoms with van der Waals surface area (Å²) in [6, 6.07) is 7.40. The smallest absolute Gasteiger partial charge is 0.317 e. The van der Waals surface area contributed by atoms with E-state index in [1.165, 1.54) is 0 Å².